The molecule has 0 bridgehead atoms. The summed E-state index contributed by atoms with van der Waals surface area (Å²) < 4.78 is 13.4. The minimum absolute atomic E-state index is 0.0568. The van der Waals surface area contributed by atoms with Gasteiger partial charge >= 0.3 is 0 Å². The molecular weight excluding hydrogens is 309 g/mol. The first-order chi connectivity index (χ1) is 11.6. The lowest BCUT2D eigenvalue weighted by molar-refractivity contribution is -0.383. The Bertz CT molecular complexity index is 958. The average Bonchev–Trinajstić information content (AvgIpc) is 2.60. The van der Waals surface area contributed by atoms with Crippen molar-refractivity contribution in [1.29, 1.82) is 0 Å². The van der Waals surface area contributed by atoms with E-state index < -0.39 is 0 Å². The Morgan fingerprint density at radius 1 is 1.17 bits per heavy atom. The number of non-ortho nitro benzene ring substituents is 1. The van der Waals surface area contributed by atoms with E-state index in [0.29, 0.717) is 17.4 Å². The third-order valence-corrected chi connectivity index (χ3v) is 4.44. The standard InChI is InChI=1S/C18H14FN3O2/c19-14-4-3-13-11-21(9-7-12(13)10-14)17-6-5-16(22(23)24)15-2-1-8-20-18(15)17/h1-6,8,10H,7,9,11H2. The van der Waals surface area contributed by atoms with Crippen LogP contribution in [0.15, 0.2) is 48.7 Å². The first-order valence-electron chi connectivity index (χ1n) is 7.68. The van der Waals surface area contributed by atoms with Gasteiger partial charge in [0, 0.05) is 25.4 Å². The highest BCUT2D eigenvalue weighted by molar-refractivity contribution is 5.97. The molecule has 0 unspecified atom stereocenters. The summed E-state index contributed by atoms with van der Waals surface area (Å²) in [5.74, 6) is -0.218. The van der Waals surface area contributed by atoms with E-state index in [1.807, 2.05) is 0 Å². The summed E-state index contributed by atoms with van der Waals surface area (Å²) in [5, 5.41) is 11.8. The second-order valence-corrected chi connectivity index (χ2v) is 5.85. The second kappa shape index (κ2) is 5.56. The lowest BCUT2D eigenvalue weighted by Gasteiger charge is -2.31. The SMILES string of the molecule is O=[N+]([O-])c1ccc(N2CCc3cc(F)ccc3C2)c2ncccc12. The van der Waals surface area contributed by atoms with Gasteiger partial charge in [-0.05, 0) is 47.9 Å². The maximum absolute atomic E-state index is 13.4. The molecule has 0 saturated heterocycles. The normalized spacial score (nSPS) is 13.8. The summed E-state index contributed by atoms with van der Waals surface area (Å²) >= 11 is 0. The van der Waals surface area contributed by atoms with Crippen LogP contribution >= 0.6 is 0 Å². The molecule has 24 heavy (non-hydrogen) atoms. The first kappa shape index (κ1) is 14.6. The summed E-state index contributed by atoms with van der Waals surface area (Å²) in [6, 6.07) is 11.6. The van der Waals surface area contributed by atoms with Gasteiger partial charge in [0.1, 0.15) is 11.3 Å². The van der Waals surface area contributed by atoms with Crippen molar-refractivity contribution in [3.63, 3.8) is 0 Å². The molecule has 0 atom stereocenters. The van der Waals surface area contributed by atoms with Gasteiger partial charge in [-0.2, -0.15) is 0 Å². The number of nitrogens with zero attached hydrogens (tertiary/aromatic N) is 3. The van der Waals surface area contributed by atoms with Gasteiger partial charge in [-0.25, -0.2) is 4.39 Å². The molecule has 0 saturated carbocycles. The van der Waals surface area contributed by atoms with Gasteiger partial charge < -0.3 is 4.90 Å². The fourth-order valence-corrected chi connectivity index (χ4v) is 3.28. The molecule has 2 heterocycles. The quantitative estimate of drug-likeness (QED) is 0.531. The number of nitro groups is 1. The van der Waals surface area contributed by atoms with Gasteiger partial charge in [0.2, 0.25) is 0 Å². The van der Waals surface area contributed by atoms with Gasteiger partial charge in [0.25, 0.3) is 5.69 Å². The molecule has 3 aromatic rings. The van der Waals surface area contributed by atoms with Crippen LogP contribution in [0.5, 0.6) is 0 Å². The highest BCUT2D eigenvalue weighted by Gasteiger charge is 2.22. The molecule has 1 aliphatic heterocycles. The summed E-state index contributed by atoms with van der Waals surface area (Å²) in [6.07, 6.45) is 2.38. The van der Waals surface area contributed by atoms with E-state index in [1.165, 1.54) is 12.1 Å². The van der Waals surface area contributed by atoms with Crippen LogP contribution in [0.2, 0.25) is 0 Å². The van der Waals surface area contributed by atoms with Crippen LogP contribution in [0, 0.1) is 15.9 Å². The minimum Gasteiger partial charge on any atom is -0.365 e. The number of anilines is 1. The topological polar surface area (TPSA) is 59.3 Å². The van der Waals surface area contributed by atoms with E-state index in [1.54, 1.807) is 36.5 Å². The smallest absolute Gasteiger partial charge is 0.278 e. The maximum Gasteiger partial charge on any atom is 0.278 e. The zero-order valence-electron chi connectivity index (χ0n) is 12.8. The monoisotopic (exact) mass is 323 g/mol. The number of halogens is 1. The number of hydrogen-bond donors (Lipinski definition) is 0. The third kappa shape index (κ3) is 2.36. The molecule has 2 aromatic carbocycles. The number of nitro benzene ring substituents is 1. The summed E-state index contributed by atoms with van der Waals surface area (Å²) in [4.78, 5) is 17.3. The summed E-state index contributed by atoms with van der Waals surface area (Å²) in [6.45, 7) is 1.36. The van der Waals surface area contributed by atoms with Crippen molar-refractivity contribution in [2.45, 2.75) is 13.0 Å². The molecule has 120 valence electrons. The van der Waals surface area contributed by atoms with Crippen LogP contribution in [0.1, 0.15) is 11.1 Å². The van der Waals surface area contributed by atoms with Crippen molar-refractivity contribution < 1.29 is 9.31 Å². The summed E-state index contributed by atoms with van der Waals surface area (Å²) in [7, 11) is 0. The van der Waals surface area contributed by atoms with Gasteiger partial charge in [-0.3, -0.25) is 15.1 Å². The van der Waals surface area contributed by atoms with E-state index in [9.17, 15) is 14.5 Å². The number of aromatic nitrogens is 1. The Morgan fingerprint density at radius 2 is 2.04 bits per heavy atom. The predicted octanol–water partition coefficient (Wildman–Crippen LogP) is 3.84. The van der Waals surface area contributed by atoms with Gasteiger partial charge in [-0.1, -0.05) is 6.07 Å². The Labute approximate surface area is 137 Å². The lowest BCUT2D eigenvalue weighted by Crippen LogP contribution is -2.30. The van der Waals surface area contributed by atoms with Crippen LogP contribution in [-0.2, 0) is 13.0 Å². The number of fused-ring (bicyclic) bond motifs is 2. The highest BCUT2D eigenvalue weighted by Crippen LogP contribution is 2.34. The van der Waals surface area contributed by atoms with Crippen molar-refractivity contribution >= 4 is 22.3 Å². The fourth-order valence-electron chi connectivity index (χ4n) is 3.28. The zero-order chi connectivity index (χ0) is 16.7. The Kier molecular flexibility index (Phi) is 3.37. The Hall–Kier alpha value is -3.02. The fraction of sp³-hybridized carbons (Fsp3) is 0.167. The molecular formula is C18H14FN3O2. The minimum atomic E-state index is -0.387. The lowest BCUT2D eigenvalue weighted by atomic mass is 9.98. The van der Waals surface area contributed by atoms with Crippen molar-refractivity contribution in [1.82, 2.24) is 4.98 Å². The van der Waals surface area contributed by atoms with Gasteiger partial charge in [0.15, 0.2) is 0 Å². The molecule has 5 nitrogen and oxygen atoms in total. The molecule has 0 amide bonds. The van der Waals surface area contributed by atoms with Gasteiger partial charge in [-0.15, -0.1) is 0 Å². The Balaban J connectivity index is 1.79. The van der Waals surface area contributed by atoms with Crippen LogP contribution < -0.4 is 4.90 Å². The van der Waals surface area contributed by atoms with Crippen molar-refractivity contribution in [3.05, 3.63) is 75.7 Å². The average molecular weight is 323 g/mol. The molecule has 0 N–H and O–H groups in total. The predicted molar refractivity (Wildman–Crippen MR) is 89.6 cm³/mol. The number of pyridine rings is 1. The molecule has 4 rings (SSSR count). The Morgan fingerprint density at radius 3 is 2.88 bits per heavy atom. The highest BCUT2D eigenvalue weighted by atomic mass is 19.1. The molecule has 1 aromatic heterocycles. The van der Waals surface area contributed by atoms with Gasteiger partial charge in [0.05, 0.1) is 16.0 Å². The van der Waals surface area contributed by atoms with Crippen LogP contribution in [0.3, 0.4) is 0 Å². The van der Waals surface area contributed by atoms with E-state index in [2.05, 4.69) is 9.88 Å². The molecule has 0 aliphatic carbocycles. The molecule has 0 radical (unpaired) electrons. The first-order valence-corrected chi connectivity index (χ1v) is 7.68. The second-order valence-electron chi connectivity index (χ2n) is 5.85. The number of rotatable bonds is 2. The molecule has 0 fully saturated rings. The van der Waals surface area contributed by atoms with Crippen molar-refractivity contribution in [2.75, 3.05) is 11.4 Å². The van der Waals surface area contributed by atoms with Crippen LogP contribution in [0.4, 0.5) is 15.8 Å². The summed E-state index contributed by atoms with van der Waals surface area (Å²) in [5.41, 5.74) is 3.64. The van der Waals surface area contributed by atoms with Crippen molar-refractivity contribution in [2.24, 2.45) is 0 Å². The van der Waals surface area contributed by atoms with Crippen molar-refractivity contribution in [3.8, 4) is 0 Å². The van der Waals surface area contributed by atoms with Crippen LogP contribution in [-0.4, -0.2) is 16.5 Å². The van der Waals surface area contributed by atoms with E-state index in [-0.39, 0.29) is 16.4 Å². The van der Waals surface area contributed by atoms with E-state index >= 15 is 0 Å². The number of benzene rings is 2. The van der Waals surface area contributed by atoms with E-state index in [0.717, 1.165) is 29.8 Å². The van der Waals surface area contributed by atoms with E-state index in [4.69, 9.17) is 0 Å². The molecule has 0 spiro atoms. The maximum atomic E-state index is 13.4. The number of hydrogen-bond acceptors (Lipinski definition) is 4. The van der Waals surface area contributed by atoms with Crippen LogP contribution in [0.25, 0.3) is 10.9 Å². The molecule has 1 aliphatic rings. The zero-order valence-corrected chi connectivity index (χ0v) is 12.8. The third-order valence-electron chi connectivity index (χ3n) is 4.44. The molecule has 6 heteroatoms. The largest absolute Gasteiger partial charge is 0.365 e.